The second-order valence-corrected chi connectivity index (χ2v) is 5.49. The van der Waals surface area contributed by atoms with Gasteiger partial charge in [-0.05, 0) is 55.1 Å². The largest absolute Gasteiger partial charge is 0.486 e. The van der Waals surface area contributed by atoms with Gasteiger partial charge in [0.1, 0.15) is 6.61 Å². The van der Waals surface area contributed by atoms with E-state index in [-0.39, 0.29) is 18.2 Å². The van der Waals surface area contributed by atoms with Gasteiger partial charge in [0.2, 0.25) is 0 Å². The summed E-state index contributed by atoms with van der Waals surface area (Å²) in [6, 6.07) is 15.2. The summed E-state index contributed by atoms with van der Waals surface area (Å²) in [4.78, 5) is 0. The molecular formula is C18H21ClFNO. The summed E-state index contributed by atoms with van der Waals surface area (Å²) in [6.45, 7) is 2.42. The quantitative estimate of drug-likeness (QED) is 0.907. The molecule has 0 unspecified atom stereocenters. The number of ether oxygens (including phenoxy) is 1. The van der Waals surface area contributed by atoms with Crippen molar-refractivity contribution in [2.24, 2.45) is 0 Å². The first-order valence-corrected chi connectivity index (χ1v) is 7.50. The lowest BCUT2D eigenvalue weighted by Gasteiger charge is -2.23. The van der Waals surface area contributed by atoms with Crippen molar-refractivity contribution in [3.8, 4) is 5.75 Å². The van der Waals surface area contributed by atoms with Gasteiger partial charge >= 0.3 is 0 Å². The number of hydrogen-bond acceptors (Lipinski definition) is 2. The highest BCUT2D eigenvalue weighted by Crippen LogP contribution is 2.29. The smallest absolute Gasteiger partial charge is 0.165 e. The van der Waals surface area contributed by atoms with E-state index >= 15 is 0 Å². The molecule has 0 spiro atoms. The van der Waals surface area contributed by atoms with Crippen molar-refractivity contribution in [2.75, 3.05) is 13.1 Å². The maximum Gasteiger partial charge on any atom is 0.165 e. The van der Waals surface area contributed by atoms with Gasteiger partial charge in [0.25, 0.3) is 0 Å². The molecule has 0 aliphatic carbocycles. The first-order chi connectivity index (χ1) is 10.3. The van der Waals surface area contributed by atoms with Gasteiger partial charge in [0, 0.05) is 0 Å². The van der Waals surface area contributed by atoms with Crippen molar-refractivity contribution in [3.63, 3.8) is 0 Å². The molecule has 0 amide bonds. The van der Waals surface area contributed by atoms with Gasteiger partial charge in [-0.3, -0.25) is 0 Å². The highest BCUT2D eigenvalue weighted by molar-refractivity contribution is 5.85. The normalized spacial score (nSPS) is 15.1. The lowest BCUT2D eigenvalue weighted by Crippen LogP contribution is -2.26. The molecule has 2 aromatic carbocycles. The Balaban J connectivity index is 0.00000176. The predicted molar refractivity (Wildman–Crippen MR) is 89.3 cm³/mol. The summed E-state index contributed by atoms with van der Waals surface area (Å²) in [5, 5.41) is 3.33. The Morgan fingerprint density at radius 1 is 1.05 bits per heavy atom. The van der Waals surface area contributed by atoms with E-state index in [1.807, 2.05) is 36.4 Å². The summed E-state index contributed by atoms with van der Waals surface area (Å²) < 4.78 is 19.7. The van der Waals surface area contributed by atoms with Gasteiger partial charge in [-0.2, -0.15) is 0 Å². The molecule has 22 heavy (non-hydrogen) atoms. The van der Waals surface area contributed by atoms with Crippen molar-refractivity contribution < 1.29 is 9.13 Å². The van der Waals surface area contributed by atoms with E-state index in [0.717, 1.165) is 37.1 Å². The van der Waals surface area contributed by atoms with Crippen LogP contribution < -0.4 is 10.1 Å². The zero-order valence-corrected chi connectivity index (χ0v) is 13.2. The van der Waals surface area contributed by atoms with Crippen LogP contribution in [0.1, 0.15) is 29.9 Å². The van der Waals surface area contributed by atoms with E-state index in [4.69, 9.17) is 4.74 Å². The Morgan fingerprint density at radius 3 is 2.45 bits per heavy atom. The molecule has 0 aromatic heterocycles. The van der Waals surface area contributed by atoms with Crippen LogP contribution in [-0.2, 0) is 6.61 Å². The number of halogens is 2. The van der Waals surface area contributed by atoms with Gasteiger partial charge in [-0.15, -0.1) is 12.4 Å². The molecule has 0 atom stereocenters. The number of benzene rings is 2. The Morgan fingerprint density at radius 2 is 1.77 bits per heavy atom. The number of hydrogen-bond donors (Lipinski definition) is 1. The molecular weight excluding hydrogens is 301 g/mol. The van der Waals surface area contributed by atoms with Crippen LogP contribution in [0.2, 0.25) is 0 Å². The minimum absolute atomic E-state index is 0. The number of piperidine rings is 1. The van der Waals surface area contributed by atoms with Crippen LogP contribution in [0.25, 0.3) is 0 Å². The molecule has 1 saturated heterocycles. The average Bonchev–Trinajstić information content (AvgIpc) is 2.55. The molecule has 0 saturated carbocycles. The molecule has 0 radical (unpaired) electrons. The summed E-state index contributed by atoms with van der Waals surface area (Å²) >= 11 is 0. The second-order valence-electron chi connectivity index (χ2n) is 5.49. The molecule has 4 heteroatoms. The van der Waals surface area contributed by atoms with Crippen molar-refractivity contribution in [2.45, 2.75) is 25.4 Å². The minimum Gasteiger partial charge on any atom is -0.486 e. The molecule has 118 valence electrons. The zero-order chi connectivity index (χ0) is 14.5. The fourth-order valence-corrected chi connectivity index (χ4v) is 2.78. The molecule has 1 fully saturated rings. The van der Waals surface area contributed by atoms with E-state index in [9.17, 15) is 4.39 Å². The summed E-state index contributed by atoms with van der Waals surface area (Å²) in [5.41, 5.74) is 2.13. The topological polar surface area (TPSA) is 21.3 Å². The fourth-order valence-electron chi connectivity index (χ4n) is 2.78. The third kappa shape index (κ3) is 4.21. The Labute approximate surface area is 137 Å². The summed E-state index contributed by atoms with van der Waals surface area (Å²) in [6.07, 6.45) is 2.15. The zero-order valence-electron chi connectivity index (χ0n) is 12.4. The standard InChI is InChI=1S/C18H20FNO.ClH/c19-17-12-16(15-8-10-20-11-9-15)6-7-18(17)21-13-14-4-2-1-3-5-14;/h1-7,12,15,20H,8-11,13H2;1H. The van der Waals surface area contributed by atoms with Crippen LogP contribution in [0.5, 0.6) is 5.75 Å². The van der Waals surface area contributed by atoms with Crippen LogP contribution in [0.4, 0.5) is 4.39 Å². The van der Waals surface area contributed by atoms with Gasteiger partial charge in [0.15, 0.2) is 11.6 Å². The van der Waals surface area contributed by atoms with E-state index in [1.54, 1.807) is 12.1 Å². The van der Waals surface area contributed by atoms with Crippen LogP contribution in [0.3, 0.4) is 0 Å². The number of nitrogens with one attached hydrogen (secondary N) is 1. The van der Waals surface area contributed by atoms with E-state index < -0.39 is 0 Å². The van der Waals surface area contributed by atoms with Crippen LogP contribution in [-0.4, -0.2) is 13.1 Å². The summed E-state index contributed by atoms with van der Waals surface area (Å²) in [5.74, 6) is 0.530. The van der Waals surface area contributed by atoms with Crippen molar-refractivity contribution in [1.82, 2.24) is 5.32 Å². The average molecular weight is 322 g/mol. The molecule has 1 heterocycles. The Bertz CT molecular complexity index is 585. The predicted octanol–water partition coefficient (Wildman–Crippen LogP) is 4.29. The second kappa shape index (κ2) is 8.16. The highest BCUT2D eigenvalue weighted by Gasteiger charge is 2.16. The molecule has 2 aromatic rings. The van der Waals surface area contributed by atoms with Gasteiger partial charge in [0.05, 0.1) is 0 Å². The molecule has 1 aliphatic rings. The molecule has 0 bridgehead atoms. The summed E-state index contributed by atoms with van der Waals surface area (Å²) in [7, 11) is 0. The Kier molecular flexibility index (Phi) is 6.22. The molecule has 2 nitrogen and oxygen atoms in total. The van der Waals surface area contributed by atoms with E-state index in [1.165, 1.54) is 0 Å². The first-order valence-electron chi connectivity index (χ1n) is 7.50. The third-order valence-electron chi connectivity index (χ3n) is 4.00. The fraction of sp³-hybridized carbons (Fsp3) is 0.333. The SMILES string of the molecule is Cl.Fc1cc(C2CCNCC2)ccc1OCc1ccccc1. The van der Waals surface area contributed by atoms with Gasteiger partial charge in [-0.25, -0.2) is 4.39 Å². The lowest BCUT2D eigenvalue weighted by atomic mass is 9.90. The molecule has 1 N–H and O–H groups in total. The lowest BCUT2D eigenvalue weighted by molar-refractivity contribution is 0.290. The highest BCUT2D eigenvalue weighted by atomic mass is 35.5. The van der Waals surface area contributed by atoms with Crippen molar-refractivity contribution in [3.05, 3.63) is 65.5 Å². The Hall–Kier alpha value is -1.58. The monoisotopic (exact) mass is 321 g/mol. The third-order valence-corrected chi connectivity index (χ3v) is 4.00. The number of rotatable bonds is 4. The maximum atomic E-state index is 14.2. The van der Waals surface area contributed by atoms with Gasteiger partial charge < -0.3 is 10.1 Å². The minimum atomic E-state index is -0.262. The van der Waals surface area contributed by atoms with E-state index in [0.29, 0.717) is 18.3 Å². The van der Waals surface area contributed by atoms with E-state index in [2.05, 4.69) is 5.32 Å². The van der Waals surface area contributed by atoms with Gasteiger partial charge in [-0.1, -0.05) is 36.4 Å². The maximum absolute atomic E-state index is 14.2. The van der Waals surface area contributed by atoms with Crippen LogP contribution in [0.15, 0.2) is 48.5 Å². The van der Waals surface area contributed by atoms with Crippen LogP contribution >= 0.6 is 12.4 Å². The van der Waals surface area contributed by atoms with Crippen molar-refractivity contribution in [1.29, 1.82) is 0 Å². The van der Waals surface area contributed by atoms with Crippen LogP contribution in [0, 0.1) is 5.82 Å². The first kappa shape index (κ1) is 16.8. The molecule has 1 aliphatic heterocycles. The van der Waals surface area contributed by atoms with Crippen molar-refractivity contribution >= 4 is 12.4 Å². The molecule has 3 rings (SSSR count).